The van der Waals surface area contributed by atoms with Crippen LogP contribution in [0.15, 0.2) is 27.1 Å². The van der Waals surface area contributed by atoms with E-state index < -0.39 is 11.8 Å². The molecule has 0 saturated carbocycles. The van der Waals surface area contributed by atoms with Crippen molar-refractivity contribution in [3.8, 4) is 0 Å². The largest absolute Gasteiger partial charge is 0.450 e. The Morgan fingerprint density at radius 3 is 2.86 bits per heavy atom. The number of nitrogens with zero attached hydrogens (tertiary/aromatic N) is 2. The lowest BCUT2D eigenvalue weighted by Gasteiger charge is -1.99. The van der Waals surface area contributed by atoms with Crippen LogP contribution in [0.3, 0.4) is 0 Å². The zero-order valence-corrected chi connectivity index (χ0v) is 11.3. The number of ether oxygens (including phenoxy) is 1. The van der Waals surface area contributed by atoms with E-state index in [-0.39, 0.29) is 23.8 Å². The minimum Gasteiger partial charge on any atom is -0.450 e. The molecule has 2 aromatic heterocycles. The second-order valence-electron chi connectivity index (χ2n) is 4.48. The molecule has 21 heavy (non-hydrogen) atoms. The number of aromatic nitrogens is 2. The molecule has 0 saturated heterocycles. The van der Waals surface area contributed by atoms with Gasteiger partial charge >= 0.3 is 5.97 Å². The number of aryl methyl sites for hydroxylation is 2. The van der Waals surface area contributed by atoms with Crippen molar-refractivity contribution >= 4 is 16.9 Å². The van der Waals surface area contributed by atoms with Gasteiger partial charge in [0, 0.05) is 10.9 Å². The Morgan fingerprint density at radius 2 is 2.19 bits per heavy atom. The molecule has 0 aliphatic carbocycles. The second-order valence-corrected chi connectivity index (χ2v) is 4.48. The first-order valence-corrected chi connectivity index (χ1v) is 6.20. The minimum absolute atomic E-state index is 0.0358. The van der Waals surface area contributed by atoms with Crippen LogP contribution in [-0.4, -0.2) is 16.1 Å². The van der Waals surface area contributed by atoms with Crippen LogP contribution in [0, 0.1) is 19.7 Å². The molecule has 0 spiro atoms. The third-order valence-electron chi connectivity index (χ3n) is 3.00. The van der Waals surface area contributed by atoms with Crippen molar-refractivity contribution in [2.45, 2.75) is 20.5 Å². The standard InChI is InChI=1S/C14H11FN2O4/c1-7-9-4-3-5-10(15)13(9)20-12(7)14(18)19-6-11-16-8(2)17-21-11/h3-5H,6H2,1-2H3. The van der Waals surface area contributed by atoms with E-state index in [1.165, 1.54) is 6.07 Å². The monoisotopic (exact) mass is 290 g/mol. The quantitative estimate of drug-likeness (QED) is 0.690. The lowest BCUT2D eigenvalue weighted by Crippen LogP contribution is -2.05. The normalized spacial score (nSPS) is 11.0. The maximum Gasteiger partial charge on any atom is 0.375 e. The molecule has 1 aromatic carbocycles. The lowest BCUT2D eigenvalue weighted by molar-refractivity contribution is 0.0395. The summed E-state index contributed by atoms with van der Waals surface area (Å²) in [7, 11) is 0. The summed E-state index contributed by atoms with van der Waals surface area (Å²) in [4.78, 5) is 15.9. The van der Waals surface area contributed by atoms with Crippen LogP contribution < -0.4 is 0 Å². The van der Waals surface area contributed by atoms with Gasteiger partial charge in [-0.1, -0.05) is 17.3 Å². The Morgan fingerprint density at radius 1 is 1.38 bits per heavy atom. The first kappa shape index (κ1) is 13.3. The molecule has 6 nitrogen and oxygen atoms in total. The molecule has 0 aliphatic rings. The Kier molecular flexibility index (Phi) is 3.17. The first-order valence-electron chi connectivity index (χ1n) is 6.20. The maximum absolute atomic E-state index is 13.6. The molecular weight excluding hydrogens is 279 g/mol. The van der Waals surface area contributed by atoms with Crippen LogP contribution in [0.2, 0.25) is 0 Å². The van der Waals surface area contributed by atoms with Crippen LogP contribution in [0.4, 0.5) is 4.39 Å². The number of carbonyl (C=O) groups excluding carboxylic acids is 1. The molecule has 0 unspecified atom stereocenters. The summed E-state index contributed by atoms with van der Waals surface area (Å²) in [6.07, 6.45) is 0. The number of esters is 1. The van der Waals surface area contributed by atoms with Gasteiger partial charge in [-0.25, -0.2) is 9.18 Å². The van der Waals surface area contributed by atoms with E-state index in [4.69, 9.17) is 13.7 Å². The predicted octanol–water partition coefficient (Wildman–Crippen LogP) is 2.93. The van der Waals surface area contributed by atoms with Gasteiger partial charge < -0.3 is 13.7 Å². The summed E-state index contributed by atoms with van der Waals surface area (Å²) < 4.78 is 28.7. The molecule has 0 bridgehead atoms. The van der Waals surface area contributed by atoms with Gasteiger partial charge in [-0.15, -0.1) is 0 Å². The predicted molar refractivity (Wildman–Crippen MR) is 69.1 cm³/mol. The summed E-state index contributed by atoms with van der Waals surface area (Å²) in [6, 6.07) is 4.49. The van der Waals surface area contributed by atoms with E-state index in [0.717, 1.165) is 0 Å². The van der Waals surface area contributed by atoms with Gasteiger partial charge in [-0.3, -0.25) is 0 Å². The topological polar surface area (TPSA) is 78.4 Å². The van der Waals surface area contributed by atoms with Crippen LogP contribution >= 0.6 is 0 Å². The highest BCUT2D eigenvalue weighted by atomic mass is 19.1. The van der Waals surface area contributed by atoms with Gasteiger partial charge in [0.15, 0.2) is 23.8 Å². The van der Waals surface area contributed by atoms with Crippen LogP contribution in [0.25, 0.3) is 11.0 Å². The van der Waals surface area contributed by atoms with Gasteiger partial charge in [-0.05, 0) is 19.9 Å². The fraction of sp³-hybridized carbons (Fsp3) is 0.214. The zero-order valence-electron chi connectivity index (χ0n) is 11.3. The number of carbonyl (C=O) groups is 1. The summed E-state index contributed by atoms with van der Waals surface area (Å²) in [6.45, 7) is 3.15. The summed E-state index contributed by atoms with van der Waals surface area (Å²) >= 11 is 0. The molecule has 7 heteroatoms. The zero-order chi connectivity index (χ0) is 15.0. The molecule has 0 aliphatic heterocycles. The second kappa shape index (κ2) is 5.01. The smallest absolute Gasteiger partial charge is 0.375 e. The van der Waals surface area contributed by atoms with Crippen molar-refractivity contribution in [2.24, 2.45) is 0 Å². The van der Waals surface area contributed by atoms with E-state index >= 15 is 0 Å². The number of hydrogen-bond donors (Lipinski definition) is 0. The van der Waals surface area contributed by atoms with Crippen molar-refractivity contribution in [3.05, 3.63) is 47.1 Å². The summed E-state index contributed by atoms with van der Waals surface area (Å²) in [5, 5.41) is 4.12. The highest BCUT2D eigenvalue weighted by Crippen LogP contribution is 2.27. The summed E-state index contributed by atoms with van der Waals surface area (Å²) in [5.41, 5.74) is 0.562. The number of benzene rings is 1. The number of halogens is 1. The van der Waals surface area contributed by atoms with Gasteiger partial charge in [0.25, 0.3) is 5.89 Å². The lowest BCUT2D eigenvalue weighted by atomic mass is 10.1. The fourth-order valence-corrected chi connectivity index (χ4v) is 2.00. The van der Waals surface area contributed by atoms with Crippen molar-refractivity contribution < 1.29 is 22.9 Å². The van der Waals surface area contributed by atoms with E-state index in [1.54, 1.807) is 26.0 Å². The van der Waals surface area contributed by atoms with E-state index in [9.17, 15) is 9.18 Å². The Hall–Kier alpha value is -2.70. The molecule has 0 N–H and O–H groups in total. The third kappa shape index (κ3) is 2.37. The van der Waals surface area contributed by atoms with Crippen molar-refractivity contribution in [2.75, 3.05) is 0 Å². The van der Waals surface area contributed by atoms with E-state index in [2.05, 4.69) is 10.1 Å². The molecule has 0 radical (unpaired) electrons. The average Bonchev–Trinajstić information content (AvgIpc) is 3.02. The molecule has 3 rings (SSSR count). The number of fused-ring (bicyclic) bond motifs is 1. The molecule has 0 atom stereocenters. The Labute approximate surface area is 118 Å². The molecule has 0 amide bonds. The van der Waals surface area contributed by atoms with Crippen LogP contribution in [0.5, 0.6) is 0 Å². The number of rotatable bonds is 3. The maximum atomic E-state index is 13.6. The summed E-state index contributed by atoms with van der Waals surface area (Å²) in [5.74, 6) is -0.642. The average molecular weight is 290 g/mol. The molecule has 2 heterocycles. The number of para-hydroxylation sites is 1. The molecule has 108 valence electrons. The van der Waals surface area contributed by atoms with Crippen molar-refractivity contribution in [1.29, 1.82) is 0 Å². The van der Waals surface area contributed by atoms with Crippen molar-refractivity contribution in [1.82, 2.24) is 10.1 Å². The van der Waals surface area contributed by atoms with Gasteiger partial charge in [0.05, 0.1) is 0 Å². The van der Waals surface area contributed by atoms with Crippen molar-refractivity contribution in [3.63, 3.8) is 0 Å². The van der Waals surface area contributed by atoms with E-state index in [0.29, 0.717) is 16.8 Å². The molecular formula is C14H11FN2O4. The number of furan rings is 1. The van der Waals surface area contributed by atoms with Crippen LogP contribution in [-0.2, 0) is 11.3 Å². The Balaban J connectivity index is 1.84. The molecule has 3 aromatic rings. The Bertz CT molecular complexity index is 822. The SMILES string of the molecule is Cc1noc(COC(=O)c2oc3c(F)cccc3c2C)n1. The minimum atomic E-state index is -0.709. The first-order chi connectivity index (χ1) is 10.1. The highest BCUT2D eigenvalue weighted by molar-refractivity contribution is 5.95. The van der Waals surface area contributed by atoms with Gasteiger partial charge in [0.1, 0.15) is 0 Å². The van der Waals surface area contributed by atoms with Gasteiger partial charge in [-0.2, -0.15) is 4.98 Å². The highest BCUT2D eigenvalue weighted by Gasteiger charge is 2.21. The third-order valence-corrected chi connectivity index (χ3v) is 3.00. The molecule has 0 fully saturated rings. The number of hydrogen-bond acceptors (Lipinski definition) is 6. The van der Waals surface area contributed by atoms with Crippen LogP contribution in [0.1, 0.15) is 27.8 Å². The van der Waals surface area contributed by atoms with E-state index in [1.807, 2.05) is 0 Å². The fourth-order valence-electron chi connectivity index (χ4n) is 2.00. The van der Waals surface area contributed by atoms with Gasteiger partial charge in [0.2, 0.25) is 5.76 Å².